The Morgan fingerprint density at radius 1 is 1.24 bits per heavy atom. The van der Waals surface area contributed by atoms with Gasteiger partial charge in [-0.1, -0.05) is 30.1 Å². The molecule has 6 nitrogen and oxygen atoms in total. The summed E-state index contributed by atoms with van der Waals surface area (Å²) in [5.41, 5.74) is 1.36. The van der Waals surface area contributed by atoms with Crippen molar-refractivity contribution in [2.24, 2.45) is 0 Å². The van der Waals surface area contributed by atoms with Gasteiger partial charge in [0.2, 0.25) is 0 Å². The minimum Gasteiger partial charge on any atom is -0.467 e. The van der Waals surface area contributed by atoms with Gasteiger partial charge in [0.1, 0.15) is 18.8 Å². The van der Waals surface area contributed by atoms with Crippen molar-refractivity contribution >= 4 is 5.97 Å². The zero-order valence-corrected chi connectivity index (χ0v) is 13.8. The van der Waals surface area contributed by atoms with Crippen LogP contribution in [0.2, 0.25) is 0 Å². The Balaban J connectivity index is 2.38. The standard InChI is InChI=1S/C19H19NO5/c1-24-19(23)14-25-13-18(22)17(21)7-5-3-2-4-6-15-8-10-16(12-20)11-9-15/h2-3,5,7-11,17-18,21-22H,13-14H2,1H3/b3-2+,7-5+/t17-,18+/m1/s1. The number of hydrogen-bond acceptors (Lipinski definition) is 6. The highest BCUT2D eigenvalue weighted by Gasteiger charge is 2.13. The number of nitriles is 1. The van der Waals surface area contributed by atoms with Crippen molar-refractivity contribution in [1.82, 2.24) is 0 Å². The molecule has 0 aromatic heterocycles. The van der Waals surface area contributed by atoms with Gasteiger partial charge < -0.3 is 19.7 Å². The minimum absolute atomic E-state index is 0.192. The summed E-state index contributed by atoms with van der Waals surface area (Å²) in [4.78, 5) is 10.8. The average Bonchev–Trinajstić information content (AvgIpc) is 2.64. The first-order valence-corrected chi connectivity index (χ1v) is 7.42. The zero-order valence-electron chi connectivity index (χ0n) is 13.8. The lowest BCUT2D eigenvalue weighted by atomic mass is 10.1. The van der Waals surface area contributed by atoms with E-state index < -0.39 is 18.2 Å². The molecule has 0 heterocycles. The second kappa shape index (κ2) is 11.6. The van der Waals surface area contributed by atoms with Crippen LogP contribution < -0.4 is 0 Å². The van der Waals surface area contributed by atoms with E-state index in [4.69, 9.17) is 10.00 Å². The van der Waals surface area contributed by atoms with E-state index >= 15 is 0 Å². The molecule has 0 radical (unpaired) electrons. The monoisotopic (exact) mass is 341 g/mol. The first-order chi connectivity index (χ1) is 12.1. The molecule has 0 unspecified atom stereocenters. The molecule has 0 bridgehead atoms. The van der Waals surface area contributed by atoms with Crippen molar-refractivity contribution in [3.8, 4) is 17.9 Å². The van der Waals surface area contributed by atoms with Crippen LogP contribution in [0.5, 0.6) is 0 Å². The number of aliphatic hydroxyl groups excluding tert-OH is 2. The predicted molar refractivity (Wildman–Crippen MR) is 91.2 cm³/mol. The van der Waals surface area contributed by atoms with E-state index in [1.54, 1.807) is 42.5 Å². The number of carbonyl (C=O) groups excluding carboxylic acids is 1. The smallest absolute Gasteiger partial charge is 0.331 e. The molecule has 2 N–H and O–H groups in total. The van der Waals surface area contributed by atoms with E-state index in [9.17, 15) is 15.0 Å². The highest BCUT2D eigenvalue weighted by molar-refractivity contribution is 5.70. The van der Waals surface area contributed by atoms with Crippen LogP contribution in [0.3, 0.4) is 0 Å². The van der Waals surface area contributed by atoms with Gasteiger partial charge in [-0.05, 0) is 30.3 Å². The maximum Gasteiger partial charge on any atom is 0.331 e. The molecule has 1 rings (SSSR count). The number of hydrogen-bond donors (Lipinski definition) is 2. The molecule has 1 aromatic carbocycles. The van der Waals surface area contributed by atoms with Gasteiger partial charge in [0.15, 0.2) is 0 Å². The fraction of sp³-hybridized carbons (Fsp3) is 0.263. The van der Waals surface area contributed by atoms with Crippen LogP contribution in [0.15, 0.2) is 48.6 Å². The summed E-state index contributed by atoms with van der Waals surface area (Å²) >= 11 is 0. The van der Waals surface area contributed by atoms with E-state index in [0.717, 1.165) is 5.56 Å². The Bertz CT molecular complexity index is 704. The molecule has 0 aliphatic heterocycles. The van der Waals surface area contributed by atoms with Crippen molar-refractivity contribution < 1.29 is 24.5 Å². The van der Waals surface area contributed by atoms with Crippen LogP contribution in [0.1, 0.15) is 11.1 Å². The van der Waals surface area contributed by atoms with Crippen LogP contribution in [0.4, 0.5) is 0 Å². The van der Waals surface area contributed by atoms with Gasteiger partial charge in [0.25, 0.3) is 0 Å². The molecule has 2 atom stereocenters. The van der Waals surface area contributed by atoms with Crippen LogP contribution in [-0.2, 0) is 14.3 Å². The molecule has 0 spiro atoms. The van der Waals surface area contributed by atoms with Crippen LogP contribution in [-0.4, -0.2) is 48.7 Å². The van der Waals surface area contributed by atoms with E-state index in [-0.39, 0.29) is 13.2 Å². The lowest BCUT2D eigenvalue weighted by molar-refractivity contribution is -0.147. The van der Waals surface area contributed by atoms with Gasteiger partial charge in [0, 0.05) is 5.56 Å². The lowest BCUT2D eigenvalue weighted by Gasteiger charge is -2.13. The second-order valence-corrected chi connectivity index (χ2v) is 4.85. The summed E-state index contributed by atoms with van der Waals surface area (Å²) in [5.74, 6) is 5.15. The molecule has 0 aliphatic carbocycles. The van der Waals surface area contributed by atoms with E-state index in [1.165, 1.54) is 13.2 Å². The van der Waals surface area contributed by atoms with Crippen molar-refractivity contribution in [2.45, 2.75) is 12.2 Å². The third-order valence-electron chi connectivity index (χ3n) is 2.96. The molecule has 6 heteroatoms. The summed E-state index contributed by atoms with van der Waals surface area (Å²) < 4.78 is 9.28. The Labute approximate surface area is 146 Å². The highest BCUT2D eigenvalue weighted by atomic mass is 16.6. The van der Waals surface area contributed by atoms with Gasteiger partial charge in [-0.3, -0.25) is 0 Å². The van der Waals surface area contributed by atoms with Crippen molar-refractivity contribution in [3.63, 3.8) is 0 Å². The molecule has 0 aliphatic rings. The third kappa shape index (κ3) is 8.50. The number of methoxy groups -OCH3 is 1. The largest absolute Gasteiger partial charge is 0.467 e. The Hall–Kier alpha value is -2.90. The van der Waals surface area contributed by atoms with Gasteiger partial charge in [-0.2, -0.15) is 5.26 Å². The van der Waals surface area contributed by atoms with Crippen LogP contribution >= 0.6 is 0 Å². The van der Waals surface area contributed by atoms with Gasteiger partial charge >= 0.3 is 5.97 Å². The number of allylic oxidation sites excluding steroid dienone is 3. The fourth-order valence-electron chi connectivity index (χ4n) is 1.58. The van der Waals surface area contributed by atoms with Gasteiger partial charge in [-0.15, -0.1) is 0 Å². The number of rotatable bonds is 7. The average molecular weight is 341 g/mol. The number of aliphatic hydroxyl groups is 2. The molecule has 1 aromatic rings. The number of nitrogens with zero attached hydrogens (tertiary/aromatic N) is 1. The van der Waals surface area contributed by atoms with Crippen LogP contribution in [0, 0.1) is 23.2 Å². The molecule has 130 valence electrons. The number of carbonyl (C=O) groups is 1. The molecule has 0 fully saturated rings. The molecular weight excluding hydrogens is 322 g/mol. The van der Waals surface area contributed by atoms with Crippen molar-refractivity contribution in [1.29, 1.82) is 5.26 Å². The first-order valence-electron chi connectivity index (χ1n) is 7.42. The summed E-state index contributed by atoms with van der Waals surface area (Å²) in [5, 5.41) is 28.0. The van der Waals surface area contributed by atoms with E-state index in [0.29, 0.717) is 5.56 Å². The summed E-state index contributed by atoms with van der Waals surface area (Å²) in [6.45, 7) is -0.475. The Morgan fingerprint density at radius 2 is 1.92 bits per heavy atom. The maximum atomic E-state index is 10.8. The van der Waals surface area contributed by atoms with Crippen molar-refractivity contribution in [2.75, 3.05) is 20.3 Å². The van der Waals surface area contributed by atoms with E-state index in [1.807, 2.05) is 6.07 Å². The number of benzene rings is 1. The maximum absolute atomic E-state index is 10.8. The SMILES string of the molecule is COC(=O)COC[C@H](O)[C@H](O)/C=C/C=C/C#Cc1ccc(C#N)cc1. The zero-order chi connectivity index (χ0) is 18.5. The first kappa shape index (κ1) is 20.1. The second-order valence-electron chi connectivity index (χ2n) is 4.85. The quantitative estimate of drug-likeness (QED) is 0.435. The molecule has 0 saturated carbocycles. The molecule has 25 heavy (non-hydrogen) atoms. The highest BCUT2D eigenvalue weighted by Crippen LogP contribution is 2.01. The predicted octanol–water partition coefficient (Wildman–Crippen LogP) is 0.934. The molecule has 0 amide bonds. The number of esters is 1. The normalized spacial score (nSPS) is 13.0. The minimum atomic E-state index is -1.15. The fourth-order valence-corrected chi connectivity index (χ4v) is 1.58. The molecular formula is C19H19NO5. The van der Waals surface area contributed by atoms with Crippen LogP contribution in [0.25, 0.3) is 0 Å². The summed E-state index contributed by atoms with van der Waals surface area (Å²) in [6.07, 6.45) is 3.84. The molecule has 0 saturated heterocycles. The van der Waals surface area contributed by atoms with Crippen molar-refractivity contribution in [3.05, 3.63) is 59.7 Å². The number of ether oxygens (including phenoxy) is 2. The van der Waals surface area contributed by atoms with Gasteiger partial charge in [0.05, 0.1) is 25.3 Å². The topological polar surface area (TPSA) is 99.8 Å². The Morgan fingerprint density at radius 3 is 2.56 bits per heavy atom. The summed E-state index contributed by atoms with van der Waals surface area (Å²) in [6, 6.07) is 8.92. The van der Waals surface area contributed by atoms with Gasteiger partial charge in [-0.25, -0.2) is 4.79 Å². The Kier molecular flexibility index (Phi) is 9.35. The third-order valence-corrected chi connectivity index (χ3v) is 2.96. The van der Waals surface area contributed by atoms with E-state index in [2.05, 4.69) is 16.6 Å². The lowest BCUT2D eigenvalue weighted by Crippen LogP contribution is -2.30. The summed E-state index contributed by atoms with van der Waals surface area (Å²) in [7, 11) is 1.23.